The Hall–Kier alpha value is -1.74. The first kappa shape index (κ1) is 21.0. The van der Waals surface area contributed by atoms with Gasteiger partial charge in [-0.1, -0.05) is 29.3 Å². The van der Waals surface area contributed by atoms with Gasteiger partial charge in [-0.05, 0) is 31.5 Å². The second kappa shape index (κ2) is 8.32. The molecule has 2 atom stereocenters. The van der Waals surface area contributed by atoms with Gasteiger partial charge in [0.1, 0.15) is 11.6 Å². The smallest absolute Gasteiger partial charge is 0.296 e. The van der Waals surface area contributed by atoms with Gasteiger partial charge in [-0.3, -0.25) is 4.18 Å². The Labute approximate surface area is 167 Å². The van der Waals surface area contributed by atoms with Gasteiger partial charge in [-0.15, -0.1) is 0 Å². The Kier molecular flexibility index (Phi) is 6.24. The average molecular weight is 432 g/mol. The number of halogens is 3. The summed E-state index contributed by atoms with van der Waals surface area (Å²) in [5, 5.41) is 10.0. The number of nitrogens with zero attached hydrogens (tertiary/aromatic N) is 1. The van der Waals surface area contributed by atoms with Crippen LogP contribution < -0.4 is 4.90 Å². The second-order valence-corrected chi connectivity index (χ2v) is 8.85. The van der Waals surface area contributed by atoms with Gasteiger partial charge in [0.2, 0.25) is 0 Å². The molecule has 0 radical (unpaired) electrons. The van der Waals surface area contributed by atoms with E-state index in [0.717, 1.165) is 17.7 Å². The van der Waals surface area contributed by atoms with Crippen LogP contribution in [0.4, 0.5) is 14.5 Å². The number of anilines is 1. The van der Waals surface area contributed by atoms with E-state index in [4.69, 9.17) is 15.8 Å². The summed E-state index contributed by atoms with van der Waals surface area (Å²) in [4.78, 5) is 1.55. The van der Waals surface area contributed by atoms with Crippen molar-refractivity contribution in [1.29, 1.82) is 0 Å². The molecule has 0 bridgehead atoms. The van der Waals surface area contributed by atoms with Crippen molar-refractivity contribution in [3.05, 3.63) is 58.6 Å². The molecule has 1 aliphatic rings. The zero-order valence-electron chi connectivity index (χ0n) is 15.1. The van der Waals surface area contributed by atoms with Crippen LogP contribution >= 0.6 is 11.6 Å². The zero-order chi connectivity index (χ0) is 20.5. The molecule has 0 saturated carbocycles. The van der Waals surface area contributed by atoms with Crippen molar-refractivity contribution in [3.8, 4) is 0 Å². The van der Waals surface area contributed by atoms with Gasteiger partial charge >= 0.3 is 0 Å². The van der Waals surface area contributed by atoms with Gasteiger partial charge in [0.05, 0.1) is 28.3 Å². The molecule has 1 fully saturated rings. The fraction of sp³-hybridized carbons (Fsp3) is 0.368. The van der Waals surface area contributed by atoms with E-state index >= 15 is 0 Å². The number of rotatable bonds is 5. The maximum atomic E-state index is 14.1. The van der Waals surface area contributed by atoms with Crippen LogP contribution in [0.15, 0.2) is 41.3 Å². The third kappa shape index (κ3) is 4.63. The summed E-state index contributed by atoms with van der Waals surface area (Å²) in [7, 11) is -3.93. The van der Waals surface area contributed by atoms with Gasteiger partial charge in [0, 0.05) is 25.1 Å². The van der Waals surface area contributed by atoms with Crippen LogP contribution in [0.2, 0.25) is 5.02 Å². The Morgan fingerprint density at radius 2 is 1.89 bits per heavy atom. The van der Waals surface area contributed by atoms with Crippen molar-refractivity contribution in [3.63, 3.8) is 0 Å². The van der Waals surface area contributed by atoms with E-state index in [1.165, 1.54) is 17.0 Å². The Bertz CT molecular complexity index is 953. The molecule has 1 N–H and O–H groups in total. The van der Waals surface area contributed by atoms with Crippen LogP contribution in [-0.4, -0.2) is 39.3 Å². The van der Waals surface area contributed by atoms with Crippen LogP contribution in [0.3, 0.4) is 0 Å². The van der Waals surface area contributed by atoms with Crippen molar-refractivity contribution in [2.75, 3.05) is 24.6 Å². The fourth-order valence-corrected chi connectivity index (χ4v) is 4.21. The molecule has 0 amide bonds. The molecule has 1 heterocycles. The van der Waals surface area contributed by atoms with Crippen LogP contribution in [-0.2, 0) is 14.3 Å². The van der Waals surface area contributed by atoms with Crippen LogP contribution in [0.25, 0.3) is 0 Å². The van der Waals surface area contributed by atoms with Gasteiger partial charge in [0.25, 0.3) is 10.1 Å². The van der Waals surface area contributed by atoms with Crippen molar-refractivity contribution >= 4 is 27.4 Å². The van der Waals surface area contributed by atoms with E-state index in [9.17, 15) is 22.3 Å². The monoisotopic (exact) mass is 431 g/mol. The minimum absolute atomic E-state index is 0.00703. The maximum absolute atomic E-state index is 14.1. The number of aryl methyl sites for hydroxylation is 1. The molecular weight excluding hydrogens is 412 g/mol. The van der Waals surface area contributed by atoms with Crippen molar-refractivity contribution in [2.24, 2.45) is 5.92 Å². The van der Waals surface area contributed by atoms with E-state index in [2.05, 4.69) is 0 Å². The van der Waals surface area contributed by atoms with E-state index in [1.54, 1.807) is 12.1 Å². The molecule has 9 heteroatoms. The van der Waals surface area contributed by atoms with Gasteiger partial charge in [0.15, 0.2) is 0 Å². The highest BCUT2D eigenvalue weighted by molar-refractivity contribution is 7.86. The van der Waals surface area contributed by atoms with E-state index < -0.39 is 33.8 Å². The van der Waals surface area contributed by atoms with E-state index in [1.807, 2.05) is 6.92 Å². The maximum Gasteiger partial charge on any atom is 0.296 e. The minimum atomic E-state index is -3.93. The van der Waals surface area contributed by atoms with Gasteiger partial charge < -0.3 is 10.0 Å². The van der Waals surface area contributed by atoms with Gasteiger partial charge in [-0.25, -0.2) is 8.78 Å². The van der Waals surface area contributed by atoms with E-state index in [-0.39, 0.29) is 28.8 Å². The first-order valence-corrected chi connectivity index (χ1v) is 10.5. The van der Waals surface area contributed by atoms with Crippen LogP contribution in [0, 0.1) is 24.5 Å². The number of benzene rings is 2. The zero-order valence-corrected chi connectivity index (χ0v) is 16.7. The van der Waals surface area contributed by atoms with E-state index in [0.29, 0.717) is 13.0 Å². The Balaban J connectivity index is 1.63. The van der Waals surface area contributed by atoms with Crippen molar-refractivity contribution in [2.45, 2.75) is 24.3 Å². The molecule has 3 rings (SSSR count). The molecule has 0 aliphatic carbocycles. The lowest BCUT2D eigenvalue weighted by molar-refractivity contribution is 0.0634. The molecule has 28 heavy (non-hydrogen) atoms. The average Bonchev–Trinajstić information content (AvgIpc) is 2.64. The Morgan fingerprint density at radius 1 is 1.21 bits per heavy atom. The molecule has 1 saturated heterocycles. The molecule has 2 unspecified atom stereocenters. The number of hydrogen-bond acceptors (Lipinski definition) is 5. The fourth-order valence-electron chi connectivity index (χ4n) is 3.10. The predicted octanol–water partition coefficient (Wildman–Crippen LogP) is 3.52. The number of hydrogen-bond donors (Lipinski definition) is 1. The van der Waals surface area contributed by atoms with Crippen LogP contribution in [0.5, 0.6) is 0 Å². The summed E-state index contributed by atoms with van der Waals surface area (Å²) in [6.45, 7) is 1.99. The molecule has 2 aromatic carbocycles. The molecule has 5 nitrogen and oxygen atoms in total. The largest absolute Gasteiger partial charge is 0.391 e. The molecular formula is C19H20ClF2NO4S. The molecule has 0 spiro atoms. The highest BCUT2D eigenvalue weighted by atomic mass is 35.5. The third-order valence-corrected chi connectivity index (χ3v) is 6.38. The summed E-state index contributed by atoms with van der Waals surface area (Å²) < 4.78 is 57.4. The first-order chi connectivity index (χ1) is 13.2. The van der Waals surface area contributed by atoms with Gasteiger partial charge in [-0.2, -0.15) is 8.42 Å². The highest BCUT2D eigenvalue weighted by Gasteiger charge is 2.31. The summed E-state index contributed by atoms with van der Waals surface area (Å²) in [6, 6.07) is 8.14. The summed E-state index contributed by atoms with van der Waals surface area (Å²) in [6.07, 6.45) is -0.603. The standard InChI is InChI=1S/C19H20ClF2NO4S/c1-12-2-4-14(5-3-12)28(25,26)27-11-13-6-7-23(10-19(13)24)18-9-16(21)15(20)8-17(18)22/h2-5,8-9,13,19,24H,6-7,10-11H2,1H3. The summed E-state index contributed by atoms with van der Waals surface area (Å²) >= 11 is 5.56. The topological polar surface area (TPSA) is 66.8 Å². The predicted molar refractivity (Wildman–Crippen MR) is 102 cm³/mol. The normalized spacial score (nSPS) is 20.4. The molecule has 152 valence electrons. The molecule has 1 aliphatic heterocycles. The summed E-state index contributed by atoms with van der Waals surface area (Å²) in [5.41, 5.74) is 0.931. The SMILES string of the molecule is Cc1ccc(S(=O)(=O)OCC2CCN(c3cc(F)c(Cl)cc3F)CC2O)cc1. The quantitative estimate of drug-likeness (QED) is 0.579. The lowest BCUT2D eigenvalue weighted by atomic mass is 9.94. The summed E-state index contributed by atoms with van der Waals surface area (Å²) in [5.74, 6) is -1.88. The number of aliphatic hydroxyl groups is 1. The first-order valence-electron chi connectivity index (χ1n) is 8.71. The van der Waals surface area contributed by atoms with Crippen LogP contribution in [0.1, 0.15) is 12.0 Å². The lowest BCUT2D eigenvalue weighted by Crippen LogP contribution is -2.46. The number of aliphatic hydroxyl groups excluding tert-OH is 1. The minimum Gasteiger partial charge on any atom is -0.391 e. The number of piperidine rings is 1. The second-order valence-electron chi connectivity index (χ2n) is 6.83. The number of β-amino-alcohol motifs (C(OH)–C–C–N with tert-alkyl or cyclic N) is 1. The third-order valence-electron chi connectivity index (χ3n) is 4.80. The lowest BCUT2D eigenvalue weighted by Gasteiger charge is -2.37. The van der Waals surface area contributed by atoms with Crippen molar-refractivity contribution < 1.29 is 26.5 Å². The highest BCUT2D eigenvalue weighted by Crippen LogP contribution is 2.30. The Morgan fingerprint density at radius 3 is 2.54 bits per heavy atom. The van der Waals surface area contributed by atoms with Crippen molar-refractivity contribution in [1.82, 2.24) is 0 Å². The molecule has 2 aromatic rings. The molecule has 0 aromatic heterocycles.